The number of nitrogens with zero attached hydrogens (tertiary/aromatic N) is 1. The number of rotatable bonds is 1. The molecule has 1 aliphatic heterocycles. The van der Waals surface area contributed by atoms with Gasteiger partial charge in [-0.15, -0.1) is 0 Å². The minimum absolute atomic E-state index is 0.582. The summed E-state index contributed by atoms with van der Waals surface area (Å²) in [6.07, 6.45) is 0. The van der Waals surface area contributed by atoms with E-state index in [4.69, 9.17) is 5.73 Å². The third-order valence-electron chi connectivity index (χ3n) is 1.99. The first kappa shape index (κ1) is 6.61. The van der Waals surface area contributed by atoms with Crippen molar-refractivity contribution in [1.29, 1.82) is 0 Å². The van der Waals surface area contributed by atoms with Crippen molar-refractivity contribution in [3.8, 4) is 0 Å². The summed E-state index contributed by atoms with van der Waals surface area (Å²) < 4.78 is 0. The van der Waals surface area contributed by atoms with Crippen LogP contribution in [-0.4, -0.2) is 18.1 Å². The van der Waals surface area contributed by atoms with Crippen molar-refractivity contribution in [2.75, 3.05) is 18.8 Å². The Labute approximate surface area is 65.6 Å². The number of nitrogens with one attached hydrogen (secondary N) is 1. The molecule has 1 aromatic heterocycles. The van der Waals surface area contributed by atoms with Crippen LogP contribution in [0, 0.1) is 0 Å². The number of pyridine rings is 1. The van der Waals surface area contributed by atoms with Gasteiger partial charge < -0.3 is 11.1 Å². The molecule has 0 spiro atoms. The summed E-state index contributed by atoms with van der Waals surface area (Å²) in [4.78, 5) is 4.23. The molecule has 3 nitrogen and oxygen atoms in total. The molecular formula is C8H11N3. The predicted octanol–water partition coefficient (Wildman–Crippen LogP) is 0.351. The van der Waals surface area contributed by atoms with Gasteiger partial charge in [-0.2, -0.15) is 0 Å². The summed E-state index contributed by atoms with van der Waals surface area (Å²) in [7, 11) is 0. The third-order valence-corrected chi connectivity index (χ3v) is 1.99. The van der Waals surface area contributed by atoms with Gasteiger partial charge in [-0.05, 0) is 12.1 Å². The molecule has 2 rings (SSSR count). The average molecular weight is 149 g/mol. The number of nitrogens with two attached hydrogens (primary N) is 1. The second kappa shape index (κ2) is 2.51. The quantitative estimate of drug-likeness (QED) is 0.605. The maximum Gasteiger partial charge on any atom is 0.123 e. The molecule has 2 heterocycles. The Kier molecular flexibility index (Phi) is 1.51. The first-order valence-corrected chi connectivity index (χ1v) is 3.79. The Bertz CT molecular complexity index is 255. The van der Waals surface area contributed by atoms with Crippen LogP contribution in [0.15, 0.2) is 18.2 Å². The van der Waals surface area contributed by atoms with Gasteiger partial charge in [0, 0.05) is 24.7 Å². The minimum atomic E-state index is 0.582. The van der Waals surface area contributed by atoms with Crippen molar-refractivity contribution in [3.63, 3.8) is 0 Å². The lowest BCUT2D eigenvalue weighted by Gasteiger charge is -2.26. The van der Waals surface area contributed by atoms with Gasteiger partial charge in [0.1, 0.15) is 5.82 Å². The zero-order valence-electron chi connectivity index (χ0n) is 6.25. The average Bonchev–Trinajstić information content (AvgIpc) is 1.83. The molecule has 58 valence electrons. The maximum absolute atomic E-state index is 5.54. The van der Waals surface area contributed by atoms with E-state index in [2.05, 4.69) is 10.3 Å². The van der Waals surface area contributed by atoms with Gasteiger partial charge in [0.2, 0.25) is 0 Å². The van der Waals surface area contributed by atoms with E-state index >= 15 is 0 Å². The second-order valence-corrected chi connectivity index (χ2v) is 2.84. The molecule has 3 N–H and O–H groups in total. The van der Waals surface area contributed by atoms with E-state index in [1.54, 1.807) is 0 Å². The zero-order valence-corrected chi connectivity index (χ0v) is 6.25. The van der Waals surface area contributed by atoms with Crippen LogP contribution in [0.25, 0.3) is 0 Å². The Morgan fingerprint density at radius 2 is 2.27 bits per heavy atom. The van der Waals surface area contributed by atoms with E-state index in [-0.39, 0.29) is 0 Å². The Hall–Kier alpha value is -1.09. The Morgan fingerprint density at radius 3 is 2.82 bits per heavy atom. The summed E-state index contributed by atoms with van der Waals surface area (Å²) in [5.74, 6) is 1.20. The molecule has 0 saturated carbocycles. The molecule has 0 aliphatic carbocycles. The maximum atomic E-state index is 5.54. The van der Waals surface area contributed by atoms with Gasteiger partial charge in [0.15, 0.2) is 0 Å². The normalized spacial score (nSPS) is 17.8. The highest BCUT2D eigenvalue weighted by atomic mass is 15.0. The smallest absolute Gasteiger partial charge is 0.123 e. The number of hydrogen-bond donors (Lipinski definition) is 2. The lowest BCUT2D eigenvalue weighted by molar-refractivity contribution is 0.440. The van der Waals surface area contributed by atoms with Crippen LogP contribution in [0.4, 0.5) is 5.82 Å². The molecule has 0 amide bonds. The highest BCUT2D eigenvalue weighted by Crippen LogP contribution is 2.17. The fourth-order valence-corrected chi connectivity index (χ4v) is 1.19. The van der Waals surface area contributed by atoms with Crippen LogP contribution in [0.3, 0.4) is 0 Å². The van der Waals surface area contributed by atoms with Gasteiger partial charge >= 0.3 is 0 Å². The molecular weight excluding hydrogens is 138 g/mol. The van der Waals surface area contributed by atoms with E-state index in [0.717, 1.165) is 18.8 Å². The van der Waals surface area contributed by atoms with Gasteiger partial charge in [-0.3, -0.25) is 0 Å². The fourth-order valence-electron chi connectivity index (χ4n) is 1.19. The molecule has 0 radical (unpaired) electrons. The molecule has 3 heteroatoms. The van der Waals surface area contributed by atoms with Crippen LogP contribution in [0.5, 0.6) is 0 Å². The first-order chi connectivity index (χ1) is 5.36. The van der Waals surface area contributed by atoms with Crippen molar-refractivity contribution in [1.82, 2.24) is 10.3 Å². The van der Waals surface area contributed by atoms with Crippen LogP contribution < -0.4 is 11.1 Å². The van der Waals surface area contributed by atoms with E-state index < -0.39 is 0 Å². The molecule has 1 saturated heterocycles. The number of anilines is 1. The molecule has 1 fully saturated rings. The predicted molar refractivity (Wildman–Crippen MR) is 44.3 cm³/mol. The number of nitrogen functional groups attached to an aromatic ring is 1. The third kappa shape index (κ3) is 1.19. The van der Waals surface area contributed by atoms with E-state index in [9.17, 15) is 0 Å². The van der Waals surface area contributed by atoms with Gasteiger partial charge in [0.05, 0.1) is 0 Å². The molecule has 0 atom stereocenters. The van der Waals surface area contributed by atoms with Crippen molar-refractivity contribution < 1.29 is 0 Å². The van der Waals surface area contributed by atoms with Crippen molar-refractivity contribution in [2.24, 2.45) is 0 Å². The Morgan fingerprint density at radius 1 is 1.45 bits per heavy atom. The lowest BCUT2D eigenvalue weighted by Crippen LogP contribution is -2.40. The molecule has 0 bridgehead atoms. The van der Waals surface area contributed by atoms with Crippen LogP contribution >= 0.6 is 0 Å². The van der Waals surface area contributed by atoms with Crippen LogP contribution in [0.1, 0.15) is 11.6 Å². The molecule has 0 unspecified atom stereocenters. The standard InChI is InChI=1S/C8H11N3/c9-8-3-1-2-7(11-8)6-4-10-5-6/h1-3,6,10H,4-5H2,(H2,9,11). The molecule has 11 heavy (non-hydrogen) atoms. The first-order valence-electron chi connectivity index (χ1n) is 3.79. The SMILES string of the molecule is Nc1cccc(C2CNC2)n1. The summed E-state index contributed by atoms with van der Waals surface area (Å²) in [5.41, 5.74) is 6.66. The lowest BCUT2D eigenvalue weighted by atomic mass is 9.99. The van der Waals surface area contributed by atoms with Crippen LogP contribution in [0.2, 0.25) is 0 Å². The van der Waals surface area contributed by atoms with Crippen LogP contribution in [-0.2, 0) is 0 Å². The monoisotopic (exact) mass is 149 g/mol. The van der Waals surface area contributed by atoms with Crippen molar-refractivity contribution >= 4 is 5.82 Å². The summed E-state index contributed by atoms with van der Waals surface area (Å²) >= 11 is 0. The molecule has 0 aromatic carbocycles. The van der Waals surface area contributed by atoms with E-state index in [0.29, 0.717) is 11.7 Å². The van der Waals surface area contributed by atoms with Crippen molar-refractivity contribution in [2.45, 2.75) is 5.92 Å². The fraction of sp³-hybridized carbons (Fsp3) is 0.375. The molecule has 1 aliphatic rings. The largest absolute Gasteiger partial charge is 0.384 e. The summed E-state index contributed by atoms with van der Waals surface area (Å²) in [5, 5.41) is 3.20. The van der Waals surface area contributed by atoms with E-state index in [1.807, 2.05) is 18.2 Å². The topological polar surface area (TPSA) is 50.9 Å². The van der Waals surface area contributed by atoms with Gasteiger partial charge in [-0.25, -0.2) is 4.98 Å². The van der Waals surface area contributed by atoms with Crippen molar-refractivity contribution in [3.05, 3.63) is 23.9 Å². The van der Waals surface area contributed by atoms with E-state index in [1.165, 1.54) is 0 Å². The van der Waals surface area contributed by atoms with Gasteiger partial charge in [-0.1, -0.05) is 6.07 Å². The Balaban J connectivity index is 2.23. The summed E-state index contributed by atoms with van der Waals surface area (Å²) in [6, 6.07) is 5.80. The second-order valence-electron chi connectivity index (χ2n) is 2.84. The zero-order chi connectivity index (χ0) is 7.68. The number of aromatic nitrogens is 1. The summed E-state index contributed by atoms with van der Waals surface area (Å²) in [6.45, 7) is 2.08. The highest BCUT2D eigenvalue weighted by molar-refractivity contribution is 5.30. The highest BCUT2D eigenvalue weighted by Gasteiger charge is 2.19. The number of hydrogen-bond acceptors (Lipinski definition) is 3. The minimum Gasteiger partial charge on any atom is -0.384 e. The molecule has 1 aromatic rings. The van der Waals surface area contributed by atoms with Gasteiger partial charge in [0.25, 0.3) is 0 Å².